The fourth-order valence-electron chi connectivity index (χ4n) is 4.51. The van der Waals surface area contributed by atoms with Crippen molar-refractivity contribution in [2.24, 2.45) is 5.92 Å². The molecule has 1 aliphatic heterocycles. The van der Waals surface area contributed by atoms with Gasteiger partial charge in [-0.25, -0.2) is 4.68 Å². The number of rotatable bonds is 3. The summed E-state index contributed by atoms with van der Waals surface area (Å²) in [5.74, 6) is 1.41. The van der Waals surface area contributed by atoms with Gasteiger partial charge in [-0.1, -0.05) is 42.5 Å². The van der Waals surface area contributed by atoms with Gasteiger partial charge in [0.05, 0.1) is 19.1 Å². The zero-order valence-electron chi connectivity index (χ0n) is 16.4. The van der Waals surface area contributed by atoms with E-state index >= 15 is 0 Å². The predicted octanol–water partition coefficient (Wildman–Crippen LogP) is 3.87. The first-order valence-corrected chi connectivity index (χ1v) is 9.76. The van der Waals surface area contributed by atoms with Crippen molar-refractivity contribution in [1.82, 2.24) is 14.8 Å². The quantitative estimate of drug-likeness (QED) is 0.740. The van der Waals surface area contributed by atoms with Crippen LogP contribution in [0.1, 0.15) is 35.1 Å². The van der Waals surface area contributed by atoms with Crippen LogP contribution in [0.15, 0.2) is 66.6 Å². The number of nitrogens with zero attached hydrogens (tertiary/aromatic N) is 3. The number of aromatic nitrogens is 3. The summed E-state index contributed by atoms with van der Waals surface area (Å²) in [6.07, 6.45) is 4.21. The molecule has 0 fully saturated rings. The third-order valence-corrected chi connectivity index (χ3v) is 5.94. The molecule has 0 saturated heterocycles. The number of fused-ring (bicyclic) bond motifs is 2. The largest absolute Gasteiger partial charge is 0.497 e. The van der Waals surface area contributed by atoms with Gasteiger partial charge in [0.15, 0.2) is 0 Å². The number of methoxy groups -OCH3 is 1. The number of carbonyl (C=O) groups excluding carboxylic acids is 1. The van der Waals surface area contributed by atoms with Crippen molar-refractivity contribution in [2.45, 2.75) is 25.3 Å². The van der Waals surface area contributed by atoms with Crippen LogP contribution >= 0.6 is 0 Å². The summed E-state index contributed by atoms with van der Waals surface area (Å²) in [5, 5.41) is 7.76. The molecule has 3 atom stereocenters. The van der Waals surface area contributed by atoms with Crippen LogP contribution in [0.2, 0.25) is 0 Å². The molecule has 2 aromatic carbocycles. The first-order chi connectivity index (χ1) is 14.2. The average Bonchev–Trinajstić information content (AvgIpc) is 3.20. The lowest BCUT2D eigenvalue weighted by atomic mass is 9.75. The standard InChI is InChI=1S/C23H22N4O2/c1-14-5-3-4-6-18(14)16-11-19-21(20(28)12-16)22(27-23(26-19)24-13-25-27)15-7-9-17(29-2)10-8-15/h3-11,13,16,21-22H,12H2,1-2H3,(H,24,25,26)/t16-,21-,22-/m1/s1. The Bertz CT molecular complexity index is 1100. The van der Waals surface area contributed by atoms with Gasteiger partial charge in [0, 0.05) is 18.0 Å². The number of ketones is 1. The van der Waals surface area contributed by atoms with E-state index in [-0.39, 0.29) is 23.7 Å². The van der Waals surface area contributed by atoms with E-state index in [1.165, 1.54) is 17.5 Å². The Hall–Kier alpha value is -3.41. The Kier molecular flexibility index (Phi) is 4.19. The molecule has 2 heterocycles. The van der Waals surface area contributed by atoms with Gasteiger partial charge >= 0.3 is 0 Å². The van der Waals surface area contributed by atoms with Gasteiger partial charge in [0.2, 0.25) is 5.95 Å². The van der Waals surface area contributed by atoms with Crippen molar-refractivity contribution in [2.75, 3.05) is 12.4 Å². The second-order valence-corrected chi connectivity index (χ2v) is 7.60. The number of allylic oxidation sites excluding steroid dienone is 2. The van der Waals surface area contributed by atoms with Crippen LogP contribution in [0.3, 0.4) is 0 Å². The molecule has 146 valence electrons. The summed E-state index contributed by atoms with van der Waals surface area (Å²) in [5.41, 5.74) is 4.32. The highest BCUT2D eigenvalue weighted by atomic mass is 16.5. The predicted molar refractivity (Wildman–Crippen MR) is 110 cm³/mol. The van der Waals surface area contributed by atoms with Crippen molar-refractivity contribution in [3.63, 3.8) is 0 Å². The summed E-state index contributed by atoms with van der Waals surface area (Å²) >= 11 is 0. The number of benzene rings is 2. The molecule has 3 aromatic rings. The normalized spacial score (nSPS) is 22.9. The van der Waals surface area contributed by atoms with Crippen molar-refractivity contribution >= 4 is 11.7 Å². The Morgan fingerprint density at radius 1 is 1.14 bits per heavy atom. The minimum Gasteiger partial charge on any atom is -0.497 e. The molecule has 0 unspecified atom stereocenters. The number of hydrogen-bond donors (Lipinski definition) is 1. The maximum atomic E-state index is 13.4. The molecule has 0 spiro atoms. The maximum Gasteiger partial charge on any atom is 0.226 e. The van der Waals surface area contributed by atoms with Crippen LogP contribution < -0.4 is 10.1 Å². The number of aryl methyl sites for hydroxylation is 1. The summed E-state index contributed by atoms with van der Waals surface area (Å²) < 4.78 is 7.10. The summed E-state index contributed by atoms with van der Waals surface area (Å²) in [4.78, 5) is 17.8. The molecule has 29 heavy (non-hydrogen) atoms. The highest BCUT2D eigenvalue weighted by molar-refractivity contribution is 5.88. The first kappa shape index (κ1) is 17.7. The Balaban J connectivity index is 1.60. The SMILES string of the molecule is COc1ccc([C@@H]2[C@H]3C(=O)C[C@H](c4ccccc4C)C=C3Nc3ncnn32)cc1. The third kappa shape index (κ3) is 2.92. The molecular weight excluding hydrogens is 364 g/mol. The molecule has 1 aromatic heterocycles. The second kappa shape index (κ2) is 6.88. The van der Waals surface area contributed by atoms with E-state index in [4.69, 9.17) is 4.74 Å². The van der Waals surface area contributed by atoms with Crippen LogP contribution in [0, 0.1) is 12.8 Å². The number of anilines is 1. The molecule has 0 bridgehead atoms. The van der Waals surface area contributed by atoms with Gasteiger partial charge in [-0.15, -0.1) is 0 Å². The number of nitrogens with one attached hydrogen (secondary N) is 1. The maximum absolute atomic E-state index is 13.4. The van der Waals surface area contributed by atoms with Gasteiger partial charge in [-0.3, -0.25) is 4.79 Å². The van der Waals surface area contributed by atoms with Crippen LogP contribution in [0.5, 0.6) is 5.75 Å². The lowest BCUT2D eigenvalue weighted by Crippen LogP contribution is -2.40. The Morgan fingerprint density at radius 2 is 1.93 bits per heavy atom. The van der Waals surface area contributed by atoms with E-state index in [1.54, 1.807) is 7.11 Å². The second-order valence-electron chi connectivity index (χ2n) is 7.60. The molecule has 6 heteroatoms. The van der Waals surface area contributed by atoms with Crippen molar-refractivity contribution in [3.8, 4) is 5.75 Å². The molecule has 1 N–H and O–H groups in total. The lowest BCUT2D eigenvalue weighted by molar-refractivity contribution is -0.123. The fraction of sp³-hybridized carbons (Fsp3) is 0.261. The molecule has 1 aliphatic carbocycles. The molecule has 0 radical (unpaired) electrons. The van der Waals surface area contributed by atoms with Crippen LogP contribution in [-0.2, 0) is 4.79 Å². The van der Waals surface area contributed by atoms with Crippen molar-refractivity contribution in [3.05, 3.63) is 83.3 Å². The average molecular weight is 386 g/mol. The smallest absolute Gasteiger partial charge is 0.226 e. The zero-order valence-corrected chi connectivity index (χ0v) is 16.4. The minimum atomic E-state index is -0.308. The number of hydrogen-bond acceptors (Lipinski definition) is 5. The van der Waals surface area contributed by atoms with Crippen molar-refractivity contribution in [1.29, 1.82) is 0 Å². The topological polar surface area (TPSA) is 69.0 Å². The van der Waals surface area contributed by atoms with Gasteiger partial charge in [-0.05, 0) is 35.7 Å². The van der Waals surface area contributed by atoms with Gasteiger partial charge in [0.1, 0.15) is 17.9 Å². The lowest BCUT2D eigenvalue weighted by Gasteiger charge is -2.38. The Labute approximate surface area is 169 Å². The molecule has 6 nitrogen and oxygen atoms in total. The number of ether oxygens (including phenoxy) is 1. The van der Waals surface area contributed by atoms with Crippen LogP contribution in [-0.4, -0.2) is 27.7 Å². The number of Topliss-reactive ketones (excluding diaryl/α,β-unsaturated/α-hetero) is 1. The minimum absolute atomic E-state index is 0.0634. The first-order valence-electron chi connectivity index (χ1n) is 9.76. The van der Waals surface area contributed by atoms with E-state index in [1.807, 2.05) is 41.1 Å². The summed E-state index contributed by atoms with van der Waals surface area (Å²) in [7, 11) is 1.65. The summed E-state index contributed by atoms with van der Waals surface area (Å²) in [6, 6.07) is 15.9. The van der Waals surface area contributed by atoms with Crippen LogP contribution in [0.4, 0.5) is 5.95 Å². The molecule has 0 saturated carbocycles. The van der Waals surface area contributed by atoms with E-state index < -0.39 is 0 Å². The molecule has 0 amide bonds. The molecule has 2 aliphatic rings. The van der Waals surface area contributed by atoms with Gasteiger partial charge < -0.3 is 10.1 Å². The fourth-order valence-corrected chi connectivity index (χ4v) is 4.51. The van der Waals surface area contributed by atoms with Gasteiger partial charge in [0.25, 0.3) is 0 Å². The third-order valence-electron chi connectivity index (χ3n) is 5.94. The van der Waals surface area contributed by atoms with E-state index in [2.05, 4.69) is 40.5 Å². The highest BCUT2D eigenvalue weighted by Gasteiger charge is 2.43. The summed E-state index contributed by atoms with van der Waals surface area (Å²) in [6.45, 7) is 2.09. The van der Waals surface area contributed by atoms with Crippen molar-refractivity contribution < 1.29 is 9.53 Å². The van der Waals surface area contributed by atoms with Crippen LogP contribution in [0.25, 0.3) is 0 Å². The molecular formula is C23H22N4O2. The zero-order chi connectivity index (χ0) is 20.0. The van der Waals surface area contributed by atoms with E-state index in [0.717, 1.165) is 17.0 Å². The number of carbonyl (C=O) groups is 1. The Morgan fingerprint density at radius 3 is 2.69 bits per heavy atom. The van der Waals surface area contributed by atoms with Gasteiger partial charge in [-0.2, -0.15) is 10.1 Å². The monoisotopic (exact) mass is 386 g/mol. The van der Waals surface area contributed by atoms with E-state index in [9.17, 15) is 4.79 Å². The highest BCUT2D eigenvalue weighted by Crippen LogP contribution is 2.44. The van der Waals surface area contributed by atoms with E-state index in [0.29, 0.717) is 12.4 Å². The molecule has 5 rings (SSSR count).